The zero-order valence-electron chi connectivity index (χ0n) is 17.0. The number of carbonyl (C=O) groups excluding carboxylic acids is 2. The summed E-state index contributed by atoms with van der Waals surface area (Å²) in [6.45, 7) is 14.1. The molecule has 2 atom stereocenters. The van der Waals surface area contributed by atoms with Crippen LogP contribution in [0, 0.1) is 5.41 Å². The lowest BCUT2D eigenvalue weighted by Gasteiger charge is -2.44. The van der Waals surface area contributed by atoms with E-state index in [4.69, 9.17) is 9.16 Å². The van der Waals surface area contributed by atoms with Gasteiger partial charge in [0.1, 0.15) is 11.8 Å². The molecule has 0 bridgehead atoms. The minimum Gasteiger partial charge on any atom is -0.443 e. The number of β-lactam (4-membered cyclic amide) rings is 1. The first-order valence-electron chi connectivity index (χ1n) is 9.09. The van der Waals surface area contributed by atoms with Crippen molar-refractivity contribution in [1.82, 2.24) is 4.90 Å². The summed E-state index contributed by atoms with van der Waals surface area (Å²) < 4.78 is 11.9. The molecule has 0 aliphatic carbocycles. The van der Waals surface area contributed by atoms with Crippen molar-refractivity contribution >= 4 is 25.5 Å². The second-order valence-electron chi connectivity index (χ2n) is 9.36. The van der Waals surface area contributed by atoms with E-state index in [9.17, 15) is 9.59 Å². The molecular weight excluding hydrogens is 346 g/mol. The quantitative estimate of drug-likeness (QED) is 0.587. The average molecular weight is 378 g/mol. The lowest BCUT2D eigenvalue weighted by Crippen LogP contribution is -2.63. The van der Waals surface area contributed by atoms with Gasteiger partial charge < -0.3 is 9.16 Å². The topological polar surface area (TPSA) is 55.8 Å². The number of ether oxygens (including phenoxy) is 1. The lowest BCUT2D eigenvalue weighted by molar-refractivity contribution is -0.158. The van der Waals surface area contributed by atoms with E-state index in [1.165, 1.54) is 5.19 Å². The number of hydrogen-bond acceptors (Lipinski definition) is 4. The van der Waals surface area contributed by atoms with Crippen molar-refractivity contribution in [2.24, 2.45) is 5.41 Å². The van der Waals surface area contributed by atoms with Crippen LogP contribution in [0.15, 0.2) is 30.3 Å². The number of likely N-dealkylation sites (tertiary alicyclic amines) is 1. The predicted molar refractivity (Wildman–Crippen MR) is 105 cm³/mol. The molecule has 2 rings (SSSR count). The van der Waals surface area contributed by atoms with Crippen LogP contribution in [-0.4, -0.2) is 37.0 Å². The molecule has 6 heteroatoms. The molecule has 5 nitrogen and oxygen atoms in total. The first-order valence-corrected chi connectivity index (χ1v) is 11.7. The average Bonchev–Trinajstić information content (AvgIpc) is 2.43. The van der Waals surface area contributed by atoms with E-state index in [0.717, 1.165) is 10.9 Å². The molecule has 0 aromatic heterocycles. The highest BCUT2D eigenvalue weighted by molar-refractivity contribution is 6.85. The Labute approximate surface area is 157 Å². The van der Waals surface area contributed by atoms with Gasteiger partial charge in [0.2, 0.25) is 14.2 Å². The summed E-state index contributed by atoms with van der Waals surface area (Å²) in [5.41, 5.74) is -0.579. The summed E-state index contributed by atoms with van der Waals surface area (Å²) in [5, 5.41) is 1.17. The molecule has 1 aliphatic rings. The van der Waals surface area contributed by atoms with E-state index in [1.807, 2.05) is 18.2 Å². The number of nitrogens with zero attached hydrogens (tertiary/aromatic N) is 1. The van der Waals surface area contributed by atoms with Gasteiger partial charge in [-0.05, 0) is 44.0 Å². The third-order valence-corrected chi connectivity index (χ3v) is 8.23. The van der Waals surface area contributed by atoms with Gasteiger partial charge in [0.15, 0.2) is 0 Å². The first kappa shape index (κ1) is 20.6. The third kappa shape index (κ3) is 5.17. The standard InChI is InChI=1S/C20H31NO4Si/c1-19(2,3)14-26(7,15-11-9-8-10-12-15)25-17-13-16(22)21(17)18(23)24-20(4,5)6/h8-12,17H,13-14H2,1-7H3. The van der Waals surface area contributed by atoms with E-state index in [0.29, 0.717) is 0 Å². The maximum absolute atomic E-state index is 12.4. The number of rotatable bonds is 4. The van der Waals surface area contributed by atoms with Crippen molar-refractivity contribution in [3.63, 3.8) is 0 Å². The Kier molecular flexibility index (Phi) is 5.68. The molecule has 144 valence electrons. The molecule has 0 saturated carbocycles. The van der Waals surface area contributed by atoms with Gasteiger partial charge in [-0.1, -0.05) is 51.1 Å². The van der Waals surface area contributed by atoms with Gasteiger partial charge in [-0.3, -0.25) is 4.79 Å². The Morgan fingerprint density at radius 2 is 1.73 bits per heavy atom. The molecule has 1 aromatic carbocycles. The Morgan fingerprint density at radius 3 is 2.19 bits per heavy atom. The minimum atomic E-state index is -2.37. The van der Waals surface area contributed by atoms with E-state index in [2.05, 4.69) is 39.5 Å². The lowest BCUT2D eigenvalue weighted by atomic mass is 10.0. The molecule has 2 amide bonds. The zero-order chi connectivity index (χ0) is 19.8. The smallest absolute Gasteiger partial charge is 0.419 e. The molecule has 0 spiro atoms. The van der Waals surface area contributed by atoms with E-state index in [1.54, 1.807) is 20.8 Å². The molecule has 2 unspecified atom stereocenters. The van der Waals surface area contributed by atoms with Crippen LogP contribution in [0.5, 0.6) is 0 Å². The van der Waals surface area contributed by atoms with Gasteiger partial charge >= 0.3 is 6.09 Å². The summed E-state index contributed by atoms with van der Waals surface area (Å²) in [5.74, 6) is -0.246. The molecule has 1 heterocycles. The van der Waals surface area contributed by atoms with Crippen LogP contribution in [0.4, 0.5) is 4.79 Å². The first-order chi connectivity index (χ1) is 11.8. The normalized spacial score (nSPS) is 20.3. The Bertz CT molecular complexity index is 663. The summed E-state index contributed by atoms with van der Waals surface area (Å²) in [6.07, 6.45) is -0.950. The fraction of sp³-hybridized carbons (Fsp3) is 0.600. The molecule has 1 aromatic rings. The summed E-state index contributed by atoms with van der Waals surface area (Å²) in [7, 11) is -2.37. The zero-order valence-corrected chi connectivity index (χ0v) is 18.0. The van der Waals surface area contributed by atoms with Crippen LogP contribution in [0.1, 0.15) is 48.0 Å². The summed E-state index contributed by atoms with van der Waals surface area (Å²) >= 11 is 0. The van der Waals surface area contributed by atoms with Crippen LogP contribution < -0.4 is 5.19 Å². The molecule has 1 fully saturated rings. The maximum atomic E-state index is 12.4. The van der Waals surface area contributed by atoms with Gasteiger partial charge in [0, 0.05) is 0 Å². The van der Waals surface area contributed by atoms with Gasteiger partial charge in [0.25, 0.3) is 0 Å². The highest BCUT2D eigenvalue weighted by Crippen LogP contribution is 2.33. The van der Waals surface area contributed by atoms with Crippen LogP contribution in [0.3, 0.4) is 0 Å². The van der Waals surface area contributed by atoms with Gasteiger partial charge in [0.05, 0.1) is 6.42 Å². The predicted octanol–water partition coefficient (Wildman–Crippen LogP) is 4.03. The van der Waals surface area contributed by atoms with Crippen molar-refractivity contribution in [2.45, 2.75) is 72.4 Å². The Hall–Kier alpha value is -1.66. The van der Waals surface area contributed by atoms with E-state index in [-0.39, 0.29) is 17.7 Å². The summed E-state index contributed by atoms with van der Waals surface area (Å²) in [4.78, 5) is 25.6. The van der Waals surface area contributed by atoms with Gasteiger partial charge in [-0.25, -0.2) is 9.69 Å². The molecule has 0 N–H and O–H groups in total. The molecule has 26 heavy (non-hydrogen) atoms. The van der Waals surface area contributed by atoms with Crippen LogP contribution in [0.2, 0.25) is 12.6 Å². The second kappa shape index (κ2) is 7.16. The summed E-state index contributed by atoms with van der Waals surface area (Å²) in [6, 6.07) is 11.0. The number of carbonyl (C=O) groups is 2. The number of hydrogen-bond donors (Lipinski definition) is 0. The number of imide groups is 1. The van der Waals surface area contributed by atoms with Crippen LogP contribution >= 0.6 is 0 Å². The SMILES string of the molecule is CC(C)(C)C[Si](C)(OC1CC(=O)N1C(=O)OC(C)(C)C)c1ccccc1. The van der Waals surface area contributed by atoms with E-state index < -0.39 is 26.2 Å². The Morgan fingerprint density at radius 1 is 1.15 bits per heavy atom. The fourth-order valence-corrected chi connectivity index (χ4v) is 7.46. The Balaban J connectivity index is 2.23. The molecule has 1 aliphatic heterocycles. The van der Waals surface area contributed by atoms with Gasteiger partial charge in [-0.2, -0.15) is 0 Å². The number of benzene rings is 1. The third-order valence-electron chi connectivity index (χ3n) is 4.14. The van der Waals surface area contributed by atoms with Crippen LogP contribution in [-0.2, 0) is 14.0 Å². The largest absolute Gasteiger partial charge is 0.443 e. The maximum Gasteiger partial charge on any atom is 0.419 e. The highest BCUT2D eigenvalue weighted by Gasteiger charge is 2.49. The number of amides is 2. The fourth-order valence-electron chi connectivity index (χ4n) is 3.33. The highest BCUT2D eigenvalue weighted by atomic mass is 28.4. The molecule has 0 radical (unpaired) electrons. The van der Waals surface area contributed by atoms with Crippen molar-refractivity contribution < 1.29 is 18.8 Å². The molecular formula is C20H31NO4Si. The monoisotopic (exact) mass is 377 g/mol. The van der Waals surface area contributed by atoms with Crippen molar-refractivity contribution in [3.8, 4) is 0 Å². The minimum absolute atomic E-state index is 0.0708. The second-order valence-corrected chi connectivity index (χ2v) is 13.0. The van der Waals surface area contributed by atoms with Gasteiger partial charge in [-0.15, -0.1) is 0 Å². The van der Waals surface area contributed by atoms with Crippen molar-refractivity contribution in [3.05, 3.63) is 30.3 Å². The van der Waals surface area contributed by atoms with Crippen LogP contribution in [0.25, 0.3) is 0 Å². The van der Waals surface area contributed by atoms with Crippen molar-refractivity contribution in [2.75, 3.05) is 0 Å². The van der Waals surface area contributed by atoms with Crippen molar-refractivity contribution in [1.29, 1.82) is 0 Å². The molecule has 1 saturated heterocycles. The van der Waals surface area contributed by atoms with E-state index >= 15 is 0 Å².